The maximum absolute atomic E-state index is 11.5. The van der Waals surface area contributed by atoms with Crippen LogP contribution in [0.2, 0.25) is 5.02 Å². The highest BCUT2D eigenvalue weighted by Crippen LogP contribution is 2.24. The number of nitro groups is 1. The lowest BCUT2D eigenvalue weighted by Crippen LogP contribution is -2.16. The molecule has 1 amide bonds. The van der Waals surface area contributed by atoms with E-state index in [1.807, 2.05) is 0 Å². The van der Waals surface area contributed by atoms with Crippen LogP contribution in [0.15, 0.2) is 46.1 Å². The normalized spacial score (nSPS) is 10.7. The Morgan fingerprint density at radius 1 is 1.45 bits per heavy atom. The van der Waals surface area contributed by atoms with Gasteiger partial charge in [-0.1, -0.05) is 17.7 Å². The lowest BCUT2D eigenvalue weighted by molar-refractivity contribution is -0.384. The van der Waals surface area contributed by atoms with E-state index in [0.29, 0.717) is 5.56 Å². The van der Waals surface area contributed by atoms with Gasteiger partial charge in [-0.3, -0.25) is 14.9 Å². The number of hydrogen-bond acceptors (Lipinski definition) is 5. The van der Waals surface area contributed by atoms with E-state index in [1.54, 1.807) is 6.07 Å². The molecule has 2 aromatic rings. The van der Waals surface area contributed by atoms with Crippen molar-refractivity contribution < 1.29 is 14.1 Å². The Hall–Kier alpha value is -2.67. The van der Waals surface area contributed by atoms with Gasteiger partial charge in [0.1, 0.15) is 5.02 Å². The summed E-state index contributed by atoms with van der Waals surface area (Å²) >= 11 is 5.67. The number of nitrogens with zero attached hydrogens (tertiary/aromatic N) is 2. The molecule has 7 nitrogen and oxygen atoms in total. The van der Waals surface area contributed by atoms with Crippen LogP contribution in [0, 0.1) is 10.1 Å². The third kappa shape index (κ3) is 3.21. The number of carbonyl (C=O) groups is 1. The van der Waals surface area contributed by atoms with Crippen LogP contribution in [0.3, 0.4) is 0 Å². The van der Waals surface area contributed by atoms with Crippen molar-refractivity contribution in [2.24, 2.45) is 5.10 Å². The van der Waals surface area contributed by atoms with Gasteiger partial charge in [0.25, 0.3) is 5.69 Å². The third-order valence-corrected chi connectivity index (χ3v) is 2.61. The average Bonchev–Trinajstić information content (AvgIpc) is 2.94. The van der Waals surface area contributed by atoms with Crippen molar-refractivity contribution in [3.63, 3.8) is 0 Å². The SMILES string of the molecule is O=C(NN=Cc1ccc(Cl)c([N+](=O)[O-])c1)c1ccco1. The number of furan rings is 1. The van der Waals surface area contributed by atoms with Gasteiger partial charge in [-0.15, -0.1) is 0 Å². The number of hydrogen-bond donors (Lipinski definition) is 1. The molecule has 1 aromatic carbocycles. The Kier molecular flexibility index (Phi) is 4.11. The van der Waals surface area contributed by atoms with E-state index in [9.17, 15) is 14.9 Å². The molecule has 2 rings (SSSR count). The molecule has 0 radical (unpaired) electrons. The molecule has 0 saturated heterocycles. The molecule has 0 aliphatic rings. The highest BCUT2D eigenvalue weighted by Gasteiger charge is 2.12. The first-order valence-electron chi connectivity index (χ1n) is 5.39. The summed E-state index contributed by atoms with van der Waals surface area (Å²) in [5.41, 5.74) is 2.43. The molecule has 0 unspecified atom stereocenters. The number of nitrogens with one attached hydrogen (secondary N) is 1. The minimum absolute atomic E-state index is 0.0340. The van der Waals surface area contributed by atoms with Crippen molar-refractivity contribution in [1.82, 2.24) is 5.43 Å². The van der Waals surface area contributed by atoms with Gasteiger partial charge >= 0.3 is 5.91 Å². The lowest BCUT2D eigenvalue weighted by Gasteiger charge is -1.97. The average molecular weight is 294 g/mol. The number of benzene rings is 1. The summed E-state index contributed by atoms with van der Waals surface area (Å²) in [6.07, 6.45) is 2.63. The summed E-state index contributed by atoms with van der Waals surface area (Å²) in [6, 6.07) is 7.23. The maximum Gasteiger partial charge on any atom is 0.307 e. The summed E-state index contributed by atoms with van der Waals surface area (Å²) in [7, 11) is 0. The first kappa shape index (κ1) is 13.8. The number of halogens is 1. The molecule has 20 heavy (non-hydrogen) atoms. The van der Waals surface area contributed by atoms with Gasteiger partial charge in [0.05, 0.1) is 17.4 Å². The predicted octanol–water partition coefficient (Wildman–Crippen LogP) is 2.61. The third-order valence-electron chi connectivity index (χ3n) is 2.29. The smallest absolute Gasteiger partial charge is 0.307 e. The van der Waals surface area contributed by atoms with Crippen LogP contribution in [0.5, 0.6) is 0 Å². The molecule has 1 heterocycles. The minimum Gasteiger partial charge on any atom is -0.459 e. The minimum atomic E-state index is -0.596. The number of nitro benzene ring substituents is 1. The van der Waals surface area contributed by atoms with Crippen LogP contribution in [-0.2, 0) is 0 Å². The molecule has 1 N–H and O–H groups in total. The highest BCUT2D eigenvalue weighted by atomic mass is 35.5. The van der Waals surface area contributed by atoms with Crippen molar-refractivity contribution in [2.45, 2.75) is 0 Å². The summed E-state index contributed by atoms with van der Waals surface area (Å²) < 4.78 is 4.87. The molecule has 0 aliphatic heterocycles. The van der Waals surface area contributed by atoms with E-state index in [2.05, 4.69) is 10.5 Å². The van der Waals surface area contributed by atoms with Crippen LogP contribution >= 0.6 is 11.6 Å². The van der Waals surface area contributed by atoms with Crippen molar-refractivity contribution in [2.75, 3.05) is 0 Å². The molecule has 8 heteroatoms. The second kappa shape index (κ2) is 5.98. The molecular formula is C12H8ClN3O4. The van der Waals surface area contributed by atoms with Crippen molar-refractivity contribution >= 4 is 29.4 Å². The lowest BCUT2D eigenvalue weighted by atomic mass is 10.2. The second-order valence-electron chi connectivity index (χ2n) is 3.64. The van der Waals surface area contributed by atoms with Crippen molar-refractivity contribution in [3.8, 4) is 0 Å². The van der Waals surface area contributed by atoms with E-state index >= 15 is 0 Å². The van der Waals surface area contributed by atoms with Crippen LogP contribution < -0.4 is 5.43 Å². The number of amides is 1. The first-order valence-corrected chi connectivity index (χ1v) is 5.76. The predicted molar refractivity (Wildman–Crippen MR) is 71.9 cm³/mol. The van der Waals surface area contributed by atoms with Crippen molar-refractivity contribution in [1.29, 1.82) is 0 Å². The Labute approximate surface area is 118 Å². The number of hydrazone groups is 1. The molecule has 0 aliphatic carbocycles. The molecule has 0 fully saturated rings. The first-order chi connectivity index (χ1) is 9.58. The zero-order valence-corrected chi connectivity index (χ0v) is 10.7. The number of rotatable bonds is 4. The second-order valence-corrected chi connectivity index (χ2v) is 4.05. The molecule has 1 aromatic heterocycles. The van der Waals surface area contributed by atoms with Crippen LogP contribution in [0.1, 0.15) is 16.1 Å². The van der Waals surface area contributed by atoms with Gasteiger partial charge in [0.2, 0.25) is 0 Å². The quantitative estimate of drug-likeness (QED) is 0.532. The fraction of sp³-hybridized carbons (Fsp3) is 0. The fourth-order valence-electron chi connectivity index (χ4n) is 1.38. The van der Waals surface area contributed by atoms with E-state index in [-0.39, 0.29) is 16.5 Å². The number of carbonyl (C=O) groups excluding carboxylic acids is 1. The summed E-state index contributed by atoms with van der Waals surface area (Å²) in [4.78, 5) is 21.6. The molecule has 102 valence electrons. The summed E-state index contributed by atoms with van der Waals surface area (Å²) in [6.45, 7) is 0. The zero-order valence-electron chi connectivity index (χ0n) is 9.95. The van der Waals surface area contributed by atoms with E-state index in [0.717, 1.165) is 0 Å². The van der Waals surface area contributed by atoms with Gasteiger partial charge in [-0.2, -0.15) is 5.10 Å². The molecule has 0 saturated carbocycles. The Balaban J connectivity index is 2.07. The summed E-state index contributed by atoms with van der Waals surface area (Å²) in [5.74, 6) is -0.404. The van der Waals surface area contributed by atoms with Gasteiger partial charge in [-0.05, 0) is 18.2 Å². The molecule has 0 spiro atoms. The van der Waals surface area contributed by atoms with Gasteiger partial charge < -0.3 is 4.42 Å². The highest BCUT2D eigenvalue weighted by molar-refractivity contribution is 6.32. The Bertz CT molecular complexity index is 667. The topological polar surface area (TPSA) is 97.7 Å². The maximum atomic E-state index is 11.5. The van der Waals surface area contributed by atoms with E-state index in [4.69, 9.17) is 16.0 Å². The monoisotopic (exact) mass is 293 g/mol. The van der Waals surface area contributed by atoms with Gasteiger partial charge in [0.15, 0.2) is 5.76 Å². The molecule has 0 atom stereocenters. The van der Waals surface area contributed by atoms with Crippen LogP contribution in [-0.4, -0.2) is 17.0 Å². The van der Waals surface area contributed by atoms with E-state index < -0.39 is 10.8 Å². The largest absolute Gasteiger partial charge is 0.459 e. The standard InChI is InChI=1S/C12H8ClN3O4/c13-9-4-3-8(6-10(9)16(18)19)7-14-15-12(17)11-2-1-5-20-11/h1-7H,(H,15,17). The fourth-order valence-corrected chi connectivity index (χ4v) is 1.56. The van der Waals surface area contributed by atoms with Crippen LogP contribution in [0.4, 0.5) is 5.69 Å². The van der Waals surface area contributed by atoms with Gasteiger partial charge in [0, 0.05) is 11.6 Å². The summed E-state index contributed by atoms with van der Waals surface area (Å²) in [5, 5.41) is 14.4. The Morgan fingerprint density at radius 2 is 2.25 bits per heavy atom. The molecule has 0 bridgehead atoms. The Morgan fingerprint density at radius 3 is 2.90 bits per heavy atom. The molecular weight excluding hydrogens is 286 g/mol. The van der Waals surface area contributed by atoms with Crippen molar-refractivity contribution in [3.05, 3.63) is 63.1 Å². The van der Waals surface area contributed by atoms with Crippen LogP contribution in [0.25, 0.3) is 0 Å². The van der Waals surface area contributed by atoms with E-state index in [1.165, 1.54) is 36.7 Å². The zero-order chi connectivity index (χ0) is 14.5. The van der Waals surface area contributed by atoms with Gasteiger partial charge in [-0.25, -0.2) is 5.43 Å².